The van der Waals surface area contributed by atoms with E-state index in [4.69, 9.17) is 5.11 Å². The molecule has 1 N–H and O–H groups in total. The van der Waals surface area contributed by atoms with Crippen LogP contribution < -0.4 is 0 Å². The second-order valence-electron chi connectivity index (χ2n) is 7.26. The first kappa shape index (κ1) is 20.7. The number of aryl methyl sites for hydroxylation is 1. The first-order chi connectivity index (χ1) is 11.7. The van der Waals surface area contributed by atoms with Gasteiger partial charge in [0.2, 0.25) is 0 Å². The van der Waals surface area contributed by atoms with Crippen molar-refractivity contribution in [1.82, 2.24) is 0 Å². The van der Waals surface area contributed by atoms with Gasteiger partial charge < -0.3 is 5.11 Å². The number of rotatable bonds is 15. The van der Waals surface area contributed by atoms with E-state index in [-0.39, 0.29) is 0 Å². The zero-order valence-corrected chi connectivity index (χ0v) is 15.5. The van der Waals surface area contributed by atoms with Crippen LogP contribution in [0.4, 0.5) is 0 Å². The average Bonchev–Trinajstić information content (AvgIpc) is 2.56. The van der Waals surface area contributed by atoms with Crippen molar-refractivity contribution in [3.63, 3.8) is 0 Å². The number of carboxylic acid groups (broad SMARTS) is 1. The van der Waals surface area contributed by atoms with Gasteiger partial charge in [-0.25, -0.2) is 0 Å². The average molecular weight is 333 g/mol. The largest absolute Gasteiger partial charge is 0.481 e. The molecule has 0 aliphatic carbocycles. The molecule has 0 bridgehead atoms. The Morgan fingerprint density at radius 2 is 1.33 bits per heavy atom. The lowest BCUT2D eigenvalue weighted by atomic mass is 9.99. The Hall–Kier alpha value is -1.31. The van der Waals surface area contributed by atoms with E-state index >= 15 is 0 Å². The molecule has 2 nitrogen and oxygen atoms in total. The van der Waals surface area contributed by atoms with E-state index in [1.807, 2.05) is 6.92 Å². The molecular weight excluding hydrogens is 296 g/mol. The quantitative estimate of drug-likeness (QED) is 0.366. The van der Waals surface area contributed by atoms with Crippen LogP contribution in [0.3, 0.4) is 0 Å². The molecule has 0 spiro atoms. The van der Waals surface area contributed by atoms with Crippen molar-refractivity contribution in [2.45, 2.75) is 90.4 Å². The van der Waals surface area contributed by atoms with Crippen molar-refractivity contribution in [2.75, 3.05) is 0 Å². The van der Waals surface area contributed by atoms with Gasteiger partial charge in [-0.15, -0.1) is 0 Å². The molecule has 0 radical (unpaired) electrons. The Labute approximate surface area is 148 Å². The molecule has 0 aliphatic heterocycles. The molecule has 0 saturated heterocycles. The molecule has 0 heterocycles. The van der Waals surface area contributed by atoms with Crippen LogP contribution >= 0.6 is 0 Å². The highest BCUT2D eigenvalue weighted by Gasteiger charge is 2.06. The van der Waals surface area contributed by atoms with Gasteiger partial charge in [-0.05, 0) is 24.3 Å². The normalized spacial score (nSPS) is 12.2. The lowest BCUT2D eigenvalue weighted by Gasteiger charge is -2.08. The predicted octanol–water partition coefficient (Wildman–Crippen LogP) is 6.63. The van der Waals surface area contributed by atoms with Crippen molar-refractivity contribution in [2.24, 2.45) is 5.92 Å². The molecule has 136 valence electrons. The monoisotopic (exact) mass is 332 g/mol. The number of benzene rings is 1. The molecule has 0 aromatic heterocycles. The molecule has 0 fully saturated rings. The van der Waals surface area contributed by atoms with Gasteiger partial charge in [0.1, 0.15) is 0 Å². The topological polar surface area (TPSA) is 37.3 Å². The summed E-state index contributed by atoms with van der Waals surface area (Å²) in [6, 6.07) is 10.8. The summed E-state index contributed by atoms with van der Waals surface area (Å²) in [5.74, 6) is -0.329. The molecule has 2 heteroatoms. The Morgan fingerprint density at radius 1 is 0.833 bits per heavy atom. The SMILES string of the molecule is C[C@H](CCCCCCCCCCCCc1ccccc1)CC(=O)O. The minimum atomic E-state index is -0.661. The van der Waals surface area contributed by atoms with Crippen LogP contribution in [-0.2, 0) is 11.2 Å². The lowest BCUT2D eigenvalue weighted by Crippen LogP contribution is -2.03. The number of hydrogen-bond donors (Lipinski definition) is 1. The zero-order valence-electron chi connectivity index (χ0n) is 15.5. The molecule has 24 heavy (non-hydrogen) atoms. The maximum atomic E-state index is 10.6. The van der Waals surface area contributed by atoms with Gasteiger partial charge in [0.05, 0.1) is 0 Å². The van der Waals surface area contributed by atoms with Gasteiger partial charge in [-0.3, -0.25) is 4.79 Å². The number of unbranched alkanes of at least 4 members (excludes halogenated alkanes) is 9. The minimum Gasteiger partial charge on any atom is -0.481 e. The van der Waals surface area contributed by atoms with Crippen LogP contribution in [0.2, 0.25) is 0 Å². The third-order valence-corrected chi connectivity index (χ3v) is 4.78. The van der Waals surface area contributed by atoms with E-state index in [2.05, 4.69) is 30.3 Å². The molecular formula is C22H36O2. The third kappa shape index (κ3) is 12.2. The summed E-state index contributed by atoms with van der Waals surface area (Å²) in [5.41, 5.74) is 1.47. The zero-order chi connectivity index (χ0) is 17.5. The Balaban J connectivity index is 1.78. The van der Waals surface area contributed by atoms with E-state index in [1.54, 1.807) is 0 Å². The van der Waals surface area contributed by atoms with Crippen LogP contribution in [-0.4, -0.2) is 11.1 Å². The predicted molar refractivity (Wildman–Crippen MR) is 102 cm³/mol. The van der Waals surface area contributed by atoms with Crippen molar-refractivity contribution in [3.8, 4) is 0 Å². The summed E-state index contributed by atoms with van der Waals surface area (Å²) in [6.07, 6.45) is 15.9. The molecule has 0 saturated carbocycles. The van der Waals surface area contributed by atoms with Gasteiger partial charge in [-0.2, -0.15) is 0 Å². The van der Waals surface area contributed by atoms with Crippen LogP contribution in [0.25, 0.3) is 0 Å². The summed E-state index contributed by atoms with van der Waals surface area (Å²) in [6.45, 7) is 2.05. The lowest BCUT2D eigenvalue weighted by molar-refractivity contribution is -0.138. The molecule has 1 rings (SSSR count). The molecule has 0 amide bonds. The Kier molecular flexibility index (Phi) is 12.2. The molecule has 1 aromatic rings. The number of aliphatic carboxylic acids is 1. The van der Waals surface area contributed by atoms with E-state index < -0.39 is 5.97 Å². The van der Waals surface area contributed by atoms with E-state index in [9.17, 15) is 4.79 Å². The third-order valence-electron chi connectivity index (χ3n) is 4.78. The van der Waals surface area contributed by atoms with Crippen molar-refractivity contribution in [1.29, 1.82) is 0 Å². The Bertz CT molecular complexity index is 413. The van der Waals surface area contributed by atoms with Crippen molar-refractivity contribution >= 4 is 5.97 Å². The maximum absolute atomic E-state index is 10.6. The fourth-order valence-corrected chi connectivity index (χ4v) is 3.28. The van der Waals surface area contributed by atoms with Gasteiger partial charge in [-0.1, -0.05) is 101 Å². The summed E-state index contributed by atoms with van der Waals surface area (Å²) >= 11 is 0. The van der Waals surface area contributed by atoms with Gasteiger partial charge in [0.15, 0.2) is 0 Å². The van der Waals surface area contributed by atoms with Gasteiger partial charge in [0, 0.05) is 6.42 Å². The highest BCUT2D eigenvalue weighted by atomic mass is 16.4. The number of carboxylic acids is 1. The van der Waals surface area contributed by atoms with Crippen LogP contribution in [0.5, 0.6) is 0 Å². The van der Waals surface area contributed by atoms with Crippen LogP contribution in [0.15, 0.2) is 30.3 Å². The molecule has 1 atom stereocenters. The standard InChI is InChI=1S/C22H36O2/c1-20(19-22(23)24)15-11-8-6-4-2-3-5-7-9-12-16-21-17-13-10-14-18-21/h10,13-14,17-18,20H,2-9,11-12,15-16,19H2,1H3,(H,23,24)/t20-/m1/s1. The fraction of sp³-hybridized carbons (Fsp3) is 0.682. The van der Waals surface area contributed by atoms with Crippen molar-refractivity contribution in [3.05, 3.63) is 35.9 Å². The van der Waals surface area contributed by atoms with Crippen LogP contribution in [0, 0.1) is 5.92 Å². The second kappa shape index (κ2) is 14.1. The molecule has 0 unspecified atom stereocenters. The van der Waals surface area contributed by atoms with Gasteiger partial charge in [0.25, 0.3) is 0 Å². The summed E-state index contributed by atoms with van der Waals surface area (Å²) in [4.78, 5) is 10.6. The van der Waals surface area contributed by atoms with E-state index in [1.165, 1.54) is 76.2 Å². The van der Waals surface area contributed by atoms with Crippen LogP contribution in [0.1, 0.15) is 89.5 Å². The fourth-order valence-electron chi connectivity index (χ4n) is 3.28. The molecule has 1 aromatic carbocycles. The number of hydrogen-bond acceptors (Lipinski definition) is 1. The Morgan fingerprint density at radius 3 is 1.88 bits per heavy atom. The number of carbonyl (C=O) groups is 1. The maximum Gasteiger partial charge on any atom is 0.303 e. The minimum absolute atomic E-state index is 0.324. The second-order valence-corrected chi connectivity index (χ2v) is 7.26. The first-order valence-electron chi connectivity index (χ1n) is 9.94. The van der Waals surface area contributed by atoms with Gasteiger partial charge >= 0.3 is 5.97 Å². The first-order valence-corrected chi connectivity index (χ1v) is 9.94. The van der Waals surface area contributed by atoms with Crippen molar-refractivity contribution < 1.29 is 9.90 Å². The molecule has 0 aliphatic rings. The summed E-state index contributed by atoms with van der Waals surface area (Å²) in [7, 11) is 0. The highest BCUT2D eigenvalue weighted by molar-refractivity contribution is 5.66. The summed E-state index contributed by atoms with van der Waals surface area (Å²) < 4.78 is 0. The van der Waals surface area contributed by atoms with E-state index in [0.29, 0.717) is 12.3 Å². The smallest absolute Gasteiger partial charge is 0.303 e. The summed E-state index contributed by atoms with van der Waals surface area (Å²) in [5, 5.41) is 8.72. The highest BCUT2D eigenvalue weighted by Crippen LogP contribution is 2.16. The van der Waals surface area contributed by atoms with E-state index in [0.717, 1.165) is 6.42 Å².